The van der Waals surface area contributed by atoms with Crippen LogP contribution < -0.4 is 10.2 Å². The monoisotopic (exact) mass is 560 g/mol. The van der Waals surface area contributed by atoms with Crippen LogP contribution >= 0.6 is 11.8 Å². The number of carbonyl (C=O) groups is 2. The number of amides is 2. The third-order valence-corrected chi connectivity index (χ3v) is 8.15. The van der Waals surface area contributed by atoms with Crippen LogP contribution in [0.25, 0.3) is 5.69 Å². The number of aryl methyl sites for hydroxylation is 2. The zero-order valence-electron chi connectivity index (χ0n) is 23.3. The largest absolute Gasteiger partial charge is 0.467 e. The van der Waals surface area contributed by atoms with E-state index in [0.717, 1.165) is 28.1 Å². The highest BCUT2D eigenvalue weighted by atomic mass is 32.2. The van der Waals surface area contributed by atoms with Crippen molar-refractivity contribution in [2.24, 2.45) is 0 Å². The van der Waals surface area contributed by atoms with Gasteiger partial charge in [0.2, 0.25) is 11.8 Å². The highest BCUT2D eigenvalue weighted by molar-refractivity contribution is 8.00. The zero-order valence-corrected chi connectivity index (χ0v) is 24.1. The minimum absolute atomic E-state index is 0.0790. The van der Waals surface area contributed by atoms with E-state index >= 15 is 4.39 Å². The first-order valence-corrected chi connectivity index (χ1v) is 14.3. The van der Waals surface area contributed by atoms with Gasteiger partial charge in [0.1, 0.15) is 23.9 Å². The molecule has 1 aliphatic rings. The number of thioether (sulfide) groups is 1. The van der Waals surface area contributed by atoms with Crippen molar-refractivity contribution in [3.05, 3.63) is 100 Å². The van der Waals surface area contributed by atoms with Crippen molar-refractivity contribution in [1.29, 1.82) is 0 Å². The lowest BCUT2D eigenvalue weighted by Gasteiger charge is -2.25. The van der Waals surface area contributed by atoms with Crippen LogP contribution in [-0.2, 0) is 21.5 Å². The second-order valence-corrected chi connectivity index (χ2v) is 12.2. The van der Waals surface area contributed by atoms with Crippen molar-refractivity contribution in [2.75, 3.05) is 17.2 Å². The number of nitrogens with zero attached hydrogens (tertiary/aromatic N) is 3. The summed E-state index contributed by atoms with van der Waals surface area (Å²) in [5.41, 5.74) is 4.41. The van der Waals surface area contributed by atoms with Crippen LogP contribution in [0.3, 0.4) is 0 Å². The predicted octanol–water partition coefficient (Wildman–Crippen LogP) is 6.00. The molecule has 1 N–H and O–H groups in total. The Bertz CT molecular complexity index is 1560. The van der Waals surface area contributed by atoms with Crippen molar-refractivity contribution in [1.82, 2.24) is 15.1 Å². The van der Waals surface area contributed by atoms with Crippen LogP contribution in [0.4, 0.5) is 10.2 Å². The van der Waals surface area contributed by atoms with Gasteiger partial charge in [0, 0.05) is 16.5 Å². The number of nitrogens with one attached hydrogen (secondary N) is 1. The molecule has 0 radical (unpaired) electrons. The van der Waals surface area contributed by atoms with Gasteiger partial charge in [-0.1, -0.05) is 56.7 Å². The van der Waals surface area contributed by atoms with E-state index in [9.17, 15) is 9.59 Å². The second kappa shape index (κ2) is 11.0. The minimum atomic E-state index is -0.495. The van der Waals surface area contributed by atoms with Gasteiger partial charge < -0.3 is 9.73 Å². The Hall–Kier alpha value is -3.85. The molecule has 0 aliphatic carbocycles. The van der Waals surface area contributed by atoms with Gasteiger partial charge in [0.25, 0.3) is 0 Å². The van der Waals surface area contributed by atoms with Crippen molar-refractivity contribution in [3.63, 3.8) is 0 Å². The summed E-state index contributed by atoms with van der Waals surface area (Å²) in [6.07, 6.45) is 1.54. The summed E-state index contributed by atoms with van der Waals surface area (Å²) < 4.78 is 22.4. The van der Waals surface area contributed by atoms with Crippen LogP contribution in [0.2, 0.25) is 0 Å². The molecule has 2 aromatic heterocycles. The summed E-state index contributed by atoms with van der Waals surface area (Å²) in [6, 6.07) is 16.2. The summed E-state index contributed by atoms with van der Waals surface area (Å²) in [4.78, 5) is 28.5. The third kappa shape index (κ3) is 5.43. The van der Waals surface area contributed by atoms with Gasteiger partial charge in [-0.3, -0.25) is 14.5 Å². The van der Waals surface area contributed by atoms with Gasteiger partial charge in [-0.2, -0.15) is 5.10 Å². The normalized spacial score (nSPS) is 15.6. The number of furan rings is 1. The van der Waals surface area contributed by atoms with Crippen molar-refractivity contribution in [2.45, 2.75) is 51.8 Å². The van der Waals surface area contributed by atoms with Gasteiger partial charge in [-0.25, -0.2) is 9.07 Å². The van der Waals surface area contributed by atoms with Crippen molar-refractivity contribution in [3.8, 4) is 5.69 Å². The van der Waals surface area contributed by atoms with Crippen LogP contribution in [-0.4, -0.2) is 33.9 Å². The first kappa shape index (κ1) is 27.7. The van der Waals surface area contributed by atoms with E-state index in [-0.39, 0.29) is 36.5 Å². The molecule has 2 aromatic carbocycles. The van der Waals surface area contributed by atoms with Gasteiger partial charge in [0.15, 0.2) is 0 Å². The third-order valence-electron chi connectivity index (χ3n) is 6.91. The Kier molecular flexibility index (Phi) is 7.59. The van der Waals surface area contributed by atoms with E-state index in [1.165, 1.54) is 22.7 Å². The summed E-state index contributed by atoms with van der Waals surface area (Å²) in [7, 11) is 0. The van der Waals surface area contributed by atoms with Gasteiger partial charge in [-0.05, 0) is 43.7 Å². The molecule has 0 bridgehead atoms. The molecule has 4 aromatic rings. The molecule has 9 heteroatoms. The van der Waals surface area contributed by atoms with Crippen LogP contribution in [0.5, 0.6) is 0 Å². The molecular formula is C31H33FN4O3S. The Morgan fingerprint density at radius 1 is 1.15 bits per heavy atom. The van der Waals surface area contributed by atoms with Crippen molar-refractivity contribution >= 4 is 29.4 Å². The number of aromatic nitrogens is 2. The van der Waals surface area contributed by atoms with Gasteiger partial charge >= 0.3 is 0 Å². The van der Waals surface area contributed by atoms with E-state index in [1.807, 2.05) is 26.0 Å². The van der Waals surface area contributed by atoms with E-state index in [0.29, 0.717) is 17.1 Å². The fourth-order valence-corrected chi connectivity index (χ4v) is 6.24. The first-order chi connectivity index (χ1) is 19.0. The molecule has 208 valence electrons. The van der Waals surface area contributed by atoms with Crippen LogP contribution in [0, 0.1) is 19.7 Å². The summed E-state index contributed by atoms with van der Waals surface area (Å²) in [6.45, 7) is 10.2. The highest BCUT2D eigenvalue weighted by Gasteiger charge is 2.40. The average Bonchev–Trinajstić information content (AvgIpc) is 3.53. The smallest absolute Gasteiger partial charge is 0.240 e. The van der Waals surface area contributed by atoms with Gasteiger partial charge in [0.05, 0.1) is 35.2 Å². The molecule has 0 saturated carbocycles. The maximum absolute atomic E-state index is 15.3. The fourth-order valence-electron chi connectivity index (χ4n) is 5.02. The quantitative estimate of drug-likeness (QED) is 0.313. The molecule has 40 heavy (non-hydrogen) atoms. The molecule has 0 spiro atoms. The lowest BCUT2D eigenvalue weighted by Crippen LogP contribution is -2.42. The topological polar surface area (TPSA) is 80.4 Å². The number of hydrogen-bond acceptors (Lipinski definition) is 5. The SMILES string of the molecule is Cc1ccc(-n2nc(C(C)(C)C)c3c2N(CC(=O)NCc2ccco2)C(=O)CS[C@@H]3c2ccccc2F)c(C)c1. The lowest BCUT2D eigenvalue weighted by atomic mass is 9.87. The molecule has 7 nitrogen and oxygen atoms in total. The van der Waals surface area contributed by atoms with Crippen molar-refractivity contribution < 1.29 is 18.4 Å². The molecule has 0 unspecified atom stereocenters. The highest BCUT2D eigenvalue weighted by Crippen LogP contribution is 2.49. The Balaban J connectivity index is 1.71. The minimum Gasteiger partial charge on any atom is -0.467 e. The standard InChI is InChI=1S/C31H33FN4O3S/c1-19-12-13-24(20(2)15-19)36-30-27(29(34-36)31(3,4)5)28(22-10-6-7-11-23(22)32)40-18-26(38)35(30)17-25(37)33-16-21-9-8-14-39-21/h6-15,28H,16-18H2,1-5H3,(H,33,37)/t28-/m1/s1. The van der Waals surface area contributed by atoms with E-state index in [2.05, 4.69) is 32.2 Å². The zero-order chi connectivity index (χ0) is 28.6. The fraction of sp³-hybridized carbons (Fsp3) is 0.323. The molecule has 3 heterocycles. The number of rotatable bonds is 6. The molecule has 1 atom stereocenters. The Morgan fingerprint density at radius 3 is 2.60 bits per heavy atom. The Labute approximate surface area is 237 Å². The maximum Gasteiger partial charge on any atom is 0.240 e. The van der Waals surface area contributed by atoms with Crippen LogP contribution in [0.15, 0.2) is 65.3 Å². The van der Waals surface area contributed by atoms with E-state index < -0.39 is 10.7 Å². The number of carbonyl (C=O) groups excluding carboxylic acids is 2. The maximum atomic E-state index is 15.3. The number of halogens is 1. The number of fused-ring (bicyclic) bond motifs is 1. The first-order valence-electron chi connectivity index (χ1n) is 13.2. The lowest BCUT2D eigenvalue weighted by molar-refractivity contribution is -0.123. The number of benzene rings is 2. The molecular weight excluding hydrogens is 527 g/mol. The molecule has 1 aliphatic heterocycles. The summed E-state index contributed by atoms with van der Waals surface area (Å²) >= 11 is 1.36. The summed E-state index contributed by atoms with van der Waals surface area (Å²) in [5.74, 6) is 0.257. The van der Waals surface area contributed by atoms with E-state index in [4.69, 9.17) is 9.52 Å². The molecule has 2 amide bonds. The van der Waals surface area contributed by atoms with E-state index in [1.54, 1.807) is 41.3 Å². The number of anilines is 1. The van der Waals surface area contributed by atoms with Gasteiger partial charge in [-0.15, -0.1) is 11.8 Å². The number of hydrogen-bond donors (Lipinski definition) is 1. The predicted molar refractivity (Wildman–Crippen MR) is 155 cm³/mol. The molecule has 5 rings (SSSR count). The molecule has 0 fully saturated rings. The average molecular weight is 561 g/mol. The Morgan fingerprint density at radius 2 is 1.93 bits per heavy atom. The summed E-state index contributed by atoms with van der Waals surface area (Å²) in [5, 5.41) is 7.44. The van der Waals surface area contributed by atoms with Crippen LogP contribution in [0.1, 0.15) is 59.7 Å². The molecule has 0 saturated heterocycles. The second-order valence-electron chi connectivity index (χ2n) is 11.1.